The van der Waals surface area contributed by atoms with Crippen molar-refractivity contribution in [1.29, 1.82) is 0 Å². The number of amides is 2. The summed E-state index contributed by atoms with van der Waals surface area (Å²) >= 11 is 0. The number of rotatable bonds is 6. The molecule has 1 atom stereocenters. The summed E-state index contributed by atoms with van der Waals surface area (Å²) in [5, 5.41) is 2.68. The summed E-state index contributed by atoms with van der Waals surface area (Å²) in [6.45, 7) is 1.08. The van der Waals surface area contributed by atoms with E-state index in [4.69, 9.17) is 4.74 Å². The number of hydrogen-bond acceptors (Lipinski definition) is 2. The normalized spacial score (nSPS) is 16.4. The molecular weight excluding hydrogens is 273 g/mol. The van der Waals surface area contributed by atoms with Crippen LogP contribution in [0.5, 0.6) is 5.75 Å². The van der Waals surface area contributed by atoms with Crippen LogP contribution in [0.25, 0.3) is 0 Å². The third kappa shape index (κ3) is 3.55. The minimum atomic E-state index is -2.98. The van der Waals surface area contributed by atoms with Gasteiger partial charge in [0.15, 0.2) is 6.17 Å². The fourth-order valence-corrected chi connectivity index (χ4v) is 1.86. The molecule has 0 aromatic heterocycles. The van der Waals surface area contributed by atoms with Gasteiger partial charge in [-0.25, -0.2) is 18.0 Å². The van der Waals surface area contributed by atoms with E-state index in [1.54, 1.807) is 29.2 Å². The summed E-state index contributed by atoms with van der Waals surface area (Å²) in [6, 6.07) is 6.48. The highest BCUT2D eigenvalue weighted by Crippen LogP contribution is 2.21. The number of carbonyl (C=O) groups excluding carboxylic acids is 1. The molecule has 0 spiro atoms. The van der Waals surface area contributed by atoms with Crippen LogP contribution < -0.4 is 15.0 Å². The molecule has 1 aromatic carbocycles. The van der Waals surface area contributed by atoms with E-state index < -0.39 is 12.6 Å². The first kappa shape index (κ1) is 14.5. The van der Waals surface area contributed by atoms with Gasteiger partial charge in [-0.2, -0.15) is 0 Å². The highest BCUT2D eigenvalue weighted by atomic mass is 19.3. The Morgan fingerprint density at radius 3 is 2.50 bits per heavy atom. The number of benzene rings is 1. The third-order valence-corrected chi connectivity index (χ3v) is 2.94. The topological polar surface area (TPSA) is 41.6 Å². The van der Waals surface area contributed by atoms with Gasteiger partial charge in [0.25, 0.3) is 6.43 Å². The molecular formula is C13H15F3N2O2. The first-order valence-electron chi connectivity index (χ1n) is 6.28. The molecule has 1 N–H and O–H groups in total. The number of halogens is 3. The Kier molecular flexibility index (Phi) is 4.70. The van der Waals surface area contributed by atoms with Crippen molar-refractivity contribution in [2.24, 2.45) is 0 Å². The Hall–Kier alpha value is -1.92. The van der Waals surface area contributed by atoms with Crippen LogP contribution in [-0.4, -0.2) is 38.3 Å². The number of carbonyl (C=O) groups is 1. The second-order valence-corrected chi connectivity index (χ2v) is 4.37. The van der Waals surface area contributed by atoms with Crippen molar-refractivity contribution in [3.05, 3.63) is 24.3 Å². The molecule has 0 saturated carbocycles. The SMILES string of the molecule is O=C1NCCN1c1ccc(OCCC(F)C(F)F)cc1. The summed E-state index contributed by atoms with van der Waals surface area (Å²) in [5.41, 5.74) is 0.725. The van der Waals surface area contributed by atoms with Crippen LogP contribution in [-0.2, 0) is 0 Å². The van der Waals surface area contributed by atoms with Crippen molar-refractivity contribution < 1.29 is 22.7 Å². The van der Waals surface area contributed by atoms with E-state index in [2.05, 4.69) is 5.32 Å². The standard InChI is InChI=1S/C13H15F3N2O2/c14-11(12(15)16)5-8-20-10-3-1-9(2-4-10)18-7-6-17-13(18)19/h1-4,11-12H,5-8H2,(H,17,19). The zero-order valence-corrected chi connectivity index (χ0v) is 10.7. The van der Waals surface area contributed by atoms with Gasteiger partial charge in [-0.05, 0) is 24.3 Å². The molecule has 1 aliphatic rings. The highest BCUT2D eigenvalue weighted by Gasteiger charge is 2.21. The first-order chi connectivity index (χ1) is 9.58. The predicted octanol–water partition coefficient (Wildman–Crippen LogP) is 2.59. The van der Waals surface area contributed by atoms with Crippen LogP contribution >= 0.6 is 0 Å². The lowest BCUT2D eigenvalue weighted by Crippen LogP contribution is -2.27. The molecule has 0 radical (unpaired) electrons. The molecule has 20 heavy (non-hydrogen) atoms. The van der Waals surface area contributed by atoms with Crippen molar-refractivity contribution in [1.82, 2.24) is 5.32 Å². The van der Waals surface area contributed by atoms with Crippen LogP contribution in [0.4, 0.5) is 23.7 Å². The van der Waals surface area contributed by atoms with Gasteiger partial charge in [0.05, 0.1) is 6.61 Å². The molecule has 1 aliphatic heterocycles. The molecule has 1 fully saturated rings. The van der Waals surface area contributed by atoms with Crippen LogP contribution in [0.3, 0.4) is 0 Å². The van der Waals surface area contributed by atoms with E-state index in [1.807, 2.05) is 0 Å². The summed E-state index contributed by atoms with van der Waals surface area (Å²) in [4.78, 5) is 13.0. The van der Waals surface area contributed by atoms with Crippen molar-refractivity contribution >= 4 is 11.7 Å². The second kappa shape index (κ2) is 6.49. The molecule has 1 saturated heterocycles. The lowest BCUT2D eigenvalue weighted by Gasteiger charge is -2.15. The number of nitrogens with zero attached hydrogens (tertiary/aromatic N) is 1. The summed E-state index contributed by atoms with van der Waals surface area (Å²) < 4.78 is 41.7. The monoisotopic (exact) mass is 288 g/mol. The quantitative estimate of drug-likeness (QED) is 0.874. The lowest BCUT2D eigenvalue weighted by molar-refractivity contribution is 0.0378. The molecule has 2 rings (SSSR count). The summed E-state index contributed by atoms with van der Waals surface area (Å²) in [6.07, 6.45) is -5.49. The Labute approximate surface area is 114 Å². The van der Waals surface area contributed by atoms with E-state index in [-0.39, 0.29) is 19.1 Å². The fourth-order valence-electron chi connectivity index (χ4n) is 1.86. The maximum atomic E-state index is 12.7. The minimum absolute atomic E-state index is 0.116. The predicted molar refractivity (Wildman–Crippen MR) is 68.2 cm³/mol. The van der Waals surface area contributed by atoms with Crippen molar-refractivity contribution in [2.75, 3.05) is 24.6 Å². The van der Waals surface area contributed by atoms with Gasteiger partial charge in [-0.3, -0.25) is 4.90 Å². The maximum absolute atomic E-state index is 12.7. The van der Waals surface area contributed by atoms with E-state index in [9.17, 15) is 18.0 Å². The van der Waals surface area contributed by atoms with E-state index >= 15 is 0 Å². The smallest absolute Gasteiger partial charge is 0.321 e. The van der Waals surface area contributed by atoms with Crippen molar-refractivity contribution in [3.8, 4) is 5.75 Å². The number of anilines is 1. The van der Waals surface area contributed by atoms with E-state index in [0.29, 0.717) is 18.8 Å². The number of ether oxygens (including phenoxy) is 1. The molecule has 1 aromatic rings. The third-order valence-electron chi connectivity index (χ3n) is 2.94. The highest BCUT2D eigenvalue weighted by molar-refractivity contribution is 5.94. The lowest BCUT2D eigenvalue weighted by atomic mass is 10.2. The van der Waals surface area contributed by atoms with E-state index in [1.165, 1.54) is 0 Å². The van der Waals surface area contributed by atoms with Gasteiger partial charge < -0.3 is 10.1 Å². The summed E-state index contributed by atoms with van der Waals surface area (Å²) in [7, 11) is 0. The van der Waals surface area contributed by atoms with Gasteiger partial charge in [0.2, 0.25) is 0 Å². The Bertz CT molecular complexity index is 453. The Balaban J connectivity index is 1.84. The largest absolute Gasteiger partial charge is 0.493 e. The number of alkyl halides is 3. The van der Waals surface area contributed by atoms with Gasteiger partial charge in [0.1, 0.15) is 5.75 Å². The van der Waals surface area contributed by atoms with Crippen LogP contribution in [0, 0.1) is 0 Å². The fraction of sp³-hybridized carbons (Fsp3) is 0.462. The molecule has 110 valence electrons. The molecule has 1 unspecified atom stereocenters. The number of hydrogen-bond donors (Lipinski definition) is 1. The van der Waals surface area contributed by atoms with Gasteiger partial charge in [-0.1, -0.05) is 0 Å². The number of urea groups is 1. The number of nitrogens with one attached hydrogen (secondary N) is 1. The molecule has 2 amide bonds. The van der Waals surface area contributed by atoms with Gasteiger partial charge >= 0.3 is 6.03 Å². The van der Waals surface area contributed by atoms with E-state index in [0.717, 1.165) is 5.69 Å². The Morgan fingerprint density at radius 1 is 1.25 bits per heavy atom. The van der Waals surface area contributed by atoms with Gasteiger partial charge in [-0.15, -0.1) is 0 Å². The molecule has 0 aliphatic carbocycles. The van der Waals surface area contributed by atoms with Crippen LogP contribution in [0.2, 0.25) is 0 Å². The molecule has 7 heteroatoms. The first-order valence-corrected chi connectivity index (χ1v) is 6.28. The average molecular weight is 288 g/mol. The van der Waals surface area contributed by atoms with Crippen molar-refractivity contribution in [3.63, 3.8) is 0 Å². The zero-order chi connectivity index (χ0) is 14.5. The average Bonchev–Trinajstić information content (AvgIpc) is 2.85. The van der Waals surface area contributed by atoms with Crippen molar-refractivity contribution in [2.45, 2.75) is 19.0 Å². The van der Waals surface area contributed by atoms with Crippen LogP contribution in [0.1, 0.15) is 6.42 Å². The molecule has 4 nitrogen and oxygen atoms in total. The minimum Gasteiger partial charge on any atom is -0.493 e. The Morgan fingerprint density at radius 2 is 1.95 bits per heavy atom. The van der Waals surface area contributed by atoms with Gasteiger partial charge in [0, 0.05) is 25.2 Å². The maximum Gasteiger partial charge on any atom is 0.321 e. The molecule has 0 bridgehead atoms. The second-order valence-electron chi connectivity index (χ2n) is 4.37. The molecule has 1 heterocycles. The van der Waals surface area contributed by atoms with Crippen LogP contribution in [0.15, 0.2) is 24.3 Å². The summed E-state index contributed by atoms with van der Waals surface area (Å²) in [5.74, 6) is 0.454. The zero-order valence-electron chi connectivity index (χ0n) is 10.7.